The van der Waals surface area contributed by atoms with Crippen LogP contribution >= 0.6 is 22.7 Å². The van der Waals surface area contributed by atoms with E-state index in [1.807, 2.05) is 47.8 Å². The van der Waals surface area contributed by atoms with Gasteiger partial charge in [0.15, 0.2) is 6.29 Å². The fraction of sp³-hybridized carbons (Fsp3) is 0. The summed E-state index contributed by atoms with van der Waals surface area (Å²) in [5.41, 5.74) is 1.16. The van der Waals surface area contributed by atoms with Gasteiger partial charge in [0.1, 0.15) is 5.75 Å². The lowest BCUT2D eigenvalue weighted by molar-refractivity contribution is 0.112. The second-order valence-electron chi connectivity index (χ2n) is 5.16. The van der Waals surface area contributed by atoms with Crippen molar-refractivity contribution in [2.75, 3.05) is 0 Å². The van der Waals surface area contributed by atoms with Crippen molar-refractivity contribution in [3.63, 3.8) is 0 Å². The molecule has 2 aromatic carbocycles. The van der Waals surface area contributed by atoms with Crippen LogP contribution in [0.15, 0.2) is 60.0 Å². The van der Waals surface area contributed by atoms with Crippen LogP contribution in [0.5, 0.6) is 5.75 Å². The van der Waals surface area contributed by atoms with Crippen molar-refractivity contribution in [3.8, 4) is 25.9 Å². The molecule has 4 heteroatoms. The van der Waals surface area contributed by atoms with Crippen molar-refractivity contribution < 1.29 is 9.90 Å². The normalized spacial score (nSPS) is 11.0. The van der Waals surface area contributed by atoms with E-state index in [0.29, 0.717) is 11.1 Å². The number of benzene rings is 2. The molecule has 0 aliphatic carbocycles. The van der Waals surface area contributed by atoms with E-state index in [-0.39, 0.29) is 5.75 Å². The van der Waals surface area contributed by atoms with E-state index in [1.165, 1.54) is 4.88 Å². The average Bonchev–Trinajstić information content (AvgIpc) is 3.24. The Morgan fingerprint density at radius 1 is 0.913 bits per heavy atom. The predicted molar refractivity (Wildman–Crippen MR) is 97.6 cm³/mol. The molecular weight excluding hydrogens is 324 g/mol. The van der Waals surface area contributed by atoms with Crippen LogP contribution in [0.4, 0.5) is 0 Å². The molecule has 0 radical (unpaired) electrons. The quantitative estimate of drug-likeness (QED) is 0.479. The first-order valence-electron chi connectivity index (χ1n) is 7.12. The summed E-state index contributed by atoms with van der Waals surface area (Å²) in [6.45, 7) is 0. The number of hydrogen-bond donors (Lipinski definition) is 1. The van der Waals surface area contributed by atoms with Crippen molar-refractivity contribution in [3.05, 3.63) is 65.5 Å². The fourth-order valence-electron chi connectivity index (χ4n) is 2.77. The molecule has 4 rings (SSSR count). The van der Waals surface area contributed by atoms with E-state index in [9.17, 15) is 9.90 Å². The Hall–Kier alpha value is -2.43. The minimum absolute atomic E-state index is 0.144. The van der Waals surface area contributed by atoms with Gasteiger partial charge in [-0.05, 0) is 40.4 Å². The van der Waals surface area contributed by atoms with E-state index in [0.717, 1.165) is 26.8 Å². The second-order valence-corrected chi connectivity index (χ2v) is 7.20. The molecule has 2 aromatic heterocycles. The smallest absolute Gasteiger partial charge is 0.151 e. The van der Waals surface area contributed by atoms with E-state index in [1.54, 1.807) is 28.7 Å². The van der Waals surface area contributed by atoms with Crippen LogP contribution in [0.1, 0.15) is 10.4 Å². The lowest BCUT2D eigenvalue weighted by atomic mass is 9.98. The van der Waals surface area contributed by atoms with Crippen LogP contribution < -0.4 is 0 Å². The Bertz CT molecular complexity index is 998. The maximum Gasteiger partial charge on any atom is 0.151 e. The van der Waals surface area contributed by atoms with Crippen molar-refractivity contribution >= 4 is 39.7 Å². The first-order valence-corrected chi connectivity index (χ1v) is 8.81. The van der Waals surface area contributed by atoms with Crippen LogP contribution in [0.3, 0.4) is 0 Å². The molecule has 0 spiro atoms. The monoisotopic (exact) mass is 336 g/mol. The van der Waals surface area contributed by atoms with Gasteiger partial charge in [-0.1, -0.05) is 30.3 Å². The van der Waals surface area contributed by atoms with Crippen LogP contribution in [0.2, 0.25) is 0 Å². The molecule has 0 unspecified atom stereocenters. The molecule has 0 bridgehead atoms. The largest absolute Gasteiger partial charge is 0.507 e. The maximum atomic E-state index is 11.7. The number of hydrogen-bond acceptors (Lipinski definition) is 4. The van der Waals surface area contributed by atoms with Gasteiger partial charge in [0.05, 0.1) is 0 Å². The van der Waals surface area contributed by atoms with Crippen molar-refractivity contribution in [2.24, 2.45) is 0 Å². The standard InChI is InChI=1S/C19H12O2S2/c20-11-14-13-5-2-1-4-12(13)10-15(21)19(14)18-8-7-17(23-18)16-6-3-9-22-16/h1-11,21H. The fourth-order valence-corrected chi connectivity index (χ4v) is 4.67. The third-order valence-corrected chi connectivity index (χ3v) is 5.97. The molecule has 2 nitrogen and oxygen atoms in total. The molecule has 4 aromatic rings. The van der Waals surface area contributed by atoms with Gasteiger partial charge >= 0.3 is 0 Å². The van der Waals surface area contributed by atoms with E-state index in [2.05, 4.69) is 6.07 Å². The van der Waals surface area contributed by atoms with Gasteiger partial charge in [0.25, 0.3) is 0 Å². The predicted octanol–water partition coefficient (Wildman–Crippen LogP) is 5.81. The number of phenolic OH excluding ortho intramolecular Hbond substituents is 1. The Kier molecular flexibility index (Phi) is 3.48. The molecule has 0 saturated heterocycles. The minimum Gasteiger partial charge on any atom is -0.507 e. The second kappa shape index (κ2) is 5.65. The Balaban J connectivity index is 1.95. The molecule has 0 amide bonds. The van der Waals surface area contributed by atoms with E-state index in [4.69, 9.17) is 0 Å². The highest BCUT2D eigenvalue weighted by Crippen LogP contribution is 2.43. The zero-order valence-corrected chi connectivity index (χ0v) is 13.7. The van der Waals surface area contributed by atoms with Crippen LogP contribution in [0.25, 0.3) is 31.0 Å². The summed E-state index contributed by atoms with van der Waals surface area (Å²) in [6, 6.07) is 17.4. The highest BCUT2D eigenvalue weighted by Gasteiger charge is 2.16. The number of aromatic hydroxyl groups is 1. The van der Waals surface area contributed by atoms with E-state index >= 15 is 0 Å². The average molecular weight is 336 g/mol. The first-order chi connectivity index (χ1) is 11.3. The molecule has 112 valence electrons. The van der Waals surface area contributed by atoms with Crippen LogP contribution in [0, 0.1) is 0 Å². The van der Waals surface area contributed by atoms with Crippen molar-refractivity contribution in [1.29, 1.82) is 0 Å². The maximum absolute atomic E-state index is 11.7. The Morgan fingerprint density at radius 3 is 2.52 bits per heavy atom. The molecule has 1 N–H and O–H groups in total. The van der Waals surface area contributed by atoms with Gasteiger partial charge < -0.3 is 5.11 Å². The zero-order chi connectivity index (χ0) is 15.8. The summed E-state index contributed by atoms with van der Waals surface area (Å²) >= 11 is 3.27. The number of aldehydes is 1. The van der Waals surface area contributed by atoms with Crippen molar-refractivity contribution in [2.45, 2.75) is 0 Å². The molecule has 0 saturated carbocycles. The number of fused-ring (bicyclic) bond motifs is 1. The zero-order valence-electron chi connectivity index (χ0n) is 12.0. The molecule has 23 heavy (non-hydrogen) atoms. The highest BCUT2D eigenvalue weighted by molar-refractivity contribution is 7.23. The number of thiophene rings is 2. The van der Waals surface area contributed by atoms with Gasteiger partial charge in [-0.15, -0.1) is 22.7 Å². The number of carbonyl (C=O) groups is 1. The van der Waals surface area contributed by atoms with Gasteiger partial charge in [-0.3, -0.25) is 4.79 Å². The van der Waals surface area contributed by atoms with Gasteiger partial charge in [0, 0.05) is 25.8 Å². The Morgan fingerprint density at radius 2 is 1.74 bits per heavy atom. The lowest BCUT2D eigenvalue weighted by Crippen LogP contribution is -1.89. The summed E-state index contributed by atoms with van der Waals surface area (Å²) < 4.78 is 0. The van der Waals surface area contributed by atoms with Crippen LogP contribution in [-0.2, 0) is 0 Å². The molecule has 2 heterocycles. The molecular formula is C19H12O2S2. The van der Waals surface area contributed by atoms with Gasteiger partial charge in [0.2, 0.25) is 0 Å². The number of rotatable bonds is 3. The SMILES string of the molecule is O=Cc1c(-c2ccc(-c3cccs3)s2)c(O)cc2ccccc12. The molecule has 0 atom stereocenters. The third-order valence-electron chi connectivity index (χ3n) is 3.80. The summed E-state index contributed by atoms with van der Waals surface area (Å²) in [7, 11) is 0. The molecule has 0 aliphatic heterocycles. The third kappa shape index (κ3) is 2.36. The summed E-state index contributed by atoms with van der Waals surface area (Å²) in [5.74, 6) is 0.144. The van der Waals surface area contributed by atoms with Crippen molar-refractivity contribution in [1.82, 2.24) is 0 Å². The highest BCUT2D eigenvalue weighted by atomic mass is 32.1. The summed E-state index contributed by atoms with van der Waals surface area (Å²) in [6.07, 6.45) is 0.835. The van der Waals surface area contributed by atoms with Gasteiger partial charge in [-0.2, -0.15) is 0 Å². The molecule has 0 aliphatic rings. The number of carbonyl (C=O) groups excluding carboxylic acids is 1. The molecule has 0 fully saturated rings. The van der Waals surface area contributed by atoms with E-state index < -0.39 is 0 Å². The Labute approximate surface area is 141 Å². The number of phenols is 1. The summed E-state index contributed by atoms with van der Waals surface area (Å²) in [4.78, 5) is 14.9. The summed E-state index contributed by atoms with van der Waals surface area (Å²) in [5, 5.41) is 14.2. The lowest BCUT2D eigenvalue weighted by Gasteiger charge is -2.09. The minimum atomic E-state index is 0.144. The topological polar surface area (TPSA) is 37.3 Å². The first kappa shape index (κ1) is 14.2. The van der Waals surface area contributed by atoms with Crippen LogP contribution in [-0.4, -0.2) is 11.4 Å². The van der Waals surface area contributed by atoms with Gasteiger partial charge in [-0.25, -0.2) is 0 Å².